The molecule has 1 amide bonds. The Bertz CT molecular complexity index is 883. The SMILES string of the molecule is CC(Nc1ccc(C(=O)NCC2=CCNCC2)cc1[N+](=O)[O-])c1ccccn1. The third kappa shape index (κ3) is 4.92. The number of pyridine rings is 1. The molecule has 1 aromatic carbocycles. The standard InChI is InChI=1S/C20H23N5O3/c1-14(17-4-2-3-9-22-17)24-18-6-5-16(12-19(18)25(27)28)20(26)23-13-15-7-10-21-11-8-15/h2-7,9,12,14,21,24H,8,10-11,13H2,1H3,(H,23,26). The van der Waals surface area contributed by atoms with Crippen molar-refractivity contribution in [3.8, 4) is 0 Å². The Morgan fingerprint density at radius 2 is 2.21 bits per heavy atom. The summed E-state index contributed by atoms with van der Waals surface area (Å²) in [5.74, 6) is -0.327. The summed E-state index contributed by atoms with van der Waals surface area (Å²) in [7, 11) is 0. The Morgan fingerprint density at radius 3 is 2.89 bits per heavy atom. The van der Waals surface area contributed by atoms with Crippen molar-refractivity contribution < 1.29 is 9.72 Å². The van der Waals surface area contributed by atoms with Crippen LogP contribution in [0, 0.1) is 10.1 Å². The molecule has 0 saturated carbocycles. The lowest BCUT2D eigenvalue weighted by Crippen LogP contribution is -2.29. The van der Waals surface area contributed by atoms with Crippen molar-refractivity contribution in [2.75, 3.05) is 25.0 Å². The van der Waals surface area contributed by atoms with E-state index >= 15 is 0 Å². The fraction of sp³-hybridized carbons (Fsp3) is 0.300. The molecule has 3 N–H and O–H groups in total. The molecule has 0 fully saturated rings. The van der Waals surface area contributed by atoms with Crippen LogP contribution in [0.15, 0.2) is 54.2 Å². The number of hydrogen-bond donors (Lipinski definition) is 3. The van der Waals surface area contributed by atoms with Gasteiger partial charge in [0.05, 0.1) is 16.7 Å². The Morgan fingerprint density at radius 1 is 1.36 bits per heavy atom. The van der Waals surface area contributed by atoms with Crippen LogP contribution in [0.2, 0.25) is 0 Å². The summed E-state index contributed by atoms with van der Waals surface area (Å²) in [6.07, 6.45) is 4.61. The number of rotatable bonds is 7. The number of nitro groups is 1. The second-order valence-electron chi connectivity index (χ2n) is 6.61. The highest BCUT2D eigenvalue weighted by Crippen LogP contribution is 2.29. The van der Waals surface area contributed by atoms with Crippen LogP contribution in [0.4, 0.5) is 11.4 Å². The Balaban J connectivity index is 1.72. The van der Waals surface area contributed by atoms with Gasteiger partial charge in [0, 0.05) is 30.9 Å². The molecule has 1 atom stereocenters. The van der Waals surface area contributed by atoms with Crippen molar-refractivity contribution in [2.24, 2.45) is 0 Å². The van der Waals surface area contributed by atoms with E-state index in [2.05, 4.69) is 27.0 Å². The maximum Gasteiger partial charge on any atom is 0.293 e. The summed E-state index contributed by atoms with van der Waals surface area (Å²) in [5.41, 5.74) is 2.40. The van der Waals surface area contributed by atoms with Crippen LogP contribution >= 0.6 is 0 Å². The van der Waals surface area contributed by atoms with Gasteiger partial charge in [-0.25, -0.2) is 0 Å². The normalized spacial score (nSPS) is 14.7. The van der Waals surface area contributed by atoms with E-state index in [1.807, 2.05) is 25.1 Å². The Kier molecular flexibility index (Phi) is 6.33. The molecule has 0 radical (unpaired) electrons. The number of nitro benzene ring substituents is 1. The number of nitrogens with zero attached hydrogens (tertiary/aromatic N) is 2. The third-order valence-corrected chi connectivity index (χ3v) is 4.59. The molecule has 0 aliphatic carbocycles. The van der Waals surface area contributed by atoms with Crippen LogP contribution in [0.25, 0.3) is 0 Å². The smallest absolute Gasteiger partial charge is 0.293 e. The molecular weight excluding hydrogens is 358 g/mol. The summed E-state index contributed by atoms with van der Waals surface area (Å²) in [6.45, 7) is 4.01. The van der Waals surface area contributed by atoms with Gasteiger partial charge in [-0.1, -0.05) is 17.7 Å². The first-order valence-corrected chi connectivity index (χ1v) is 9.17. The Labute approximate surface area is 163 Å². The molecule has 0 spiro atoms. The zero-order chi connectivity index (χ0) is 19.9. The first kappa shape index (κ1) is 19.5. The van der Waals surface area contributed by atoms with Crippen LogP contribution in [-0.2, 0) is 0 Å². The number of carbonyl (C=O) groups excluding carboxylic acids is 1. The quantitative estimate of drug-likeness (QED) is 0.387. The molecule has 1 aliphatic rings. The minimum atomic E-state index is -0.487. The summed E-state index contributed by atoms with van der Waals surface area (Å²) >= 11 is 0. The van der Waals surface area contributed by atoms with Crippen LogP contribution in [-0.4, -0.2) is 35.4 Å². The molecule has 0 saturated heterocycles. The van der Waals surface area contributed by atoms with E-state index in [0.717, 1.165) is 30.8 Å². The molecular formula is C20H23N5O3. The lowest BCUT2D eigenvalue weighted by atomic mass is 10.1. The molecule has 3 rings (SSSR count). The molecule has 8 nitrogen and oxygen atoms in total. The van der Waals surface area contributed by atoms with Crippen molar-refractivity contribution >= 4 is 17.3 Å². The van der Waals surface area contributed by atoms with Crippen molar-refractivity contribution in [1.82, 2.24) is 15.6 Å². The number of carbonyl (C=O) groups is 1. The zero-order valence-electron chi connectivity index (χ0n) is 15.6. The highest BCUT2D eigenvalue weighted by molar-refractivity contribution is 5.95. The van der Waals surface area contributed by atoms with Gasteiger partial charge < -0.3 is 16.0 Å². The lowest BCUT2D eigenvalue weighted by molar-refractivity contribution is -0.384. The number of hydrogen-bond acceptors (Lipinski definition) is 6. The van der Waals surface area contributed by atoms with E-state index in [1.165, 1.54) is 6.07 Å². The number of benzene rings is 1. The number of nitrogens with one attached hydrogen (secondary N) is 3. The summed E-state index contributed by atoms with van der Waals surface area (Å²) in [4.78, 5) is 27.7. The van der Waals surface area contributed by atoms with Crippen LogP contribution in [0.3, 0.4) is 0 Å². The average Bonchev–Trinajstić information content (AvgIpc) is 2.73. The molecule has 0 bridgehead atoms. The third-order valence-electron chi connectivity index (χ3n) is 4.59. The second-order valence-corrected chi connectivity index (χ2v) is 6.61. The number of aromatic nitrogens is 1. The first-order valence-electron chi connectivity index (χ1n) is 9.17. The van der Waals surface area contributed by atoms with E-state index in [9.17, 15) is 14.9 Å². The predicted molar refractivity (Wildman–Crippen MR) is 107 cm³/mol. The van der Waals surface area contributed by atoms with E-state index in [1.54, 1.807) is 18.3 Å². The summed E-state index contributed by atoms with van der Waals surface area (Å²) < 4.78 is 0. The Hall–Kier alpha value is -3.26. The number of amides is 1. The number of anilines is 1. The van der Waals surface area contributed by atoms with E-state index in [-0.39, 0.29) is 23.2 Å². The summed E-state index contributed by atoms with van der Waals surface area (Å²) in [5, 5.41) is 20.7. The monoisotopic (exact) mass is 381 g/mol. The van der Waals surface area contributed by atoms with Crippen LogP contribution in [0.5, 0.6) is 0 Å². The maximum atomic E-state index is 12.4. The molecule has 28 heavy (non-hydrogen) atoms. The molecule has 2 heterocycles. The van der Waals surface area contributed by atoms with Crippen molar-refractivity contribution in [3.63, 3.8) is 0 Å². The van der Waals surface area contributed by atoms with Gasteiger partial charge in [0.2, 0.25) is 0 Å². The minimum Gasteiger partial charge on any atom is -0.371 e. The lowest BCUT2D eigenvalue weighted by Gasteiger charge is -2.16. The highest BCUT2D eigenvalue weighted by atomic mass is 16.6. The highest BCUT2D eigenvalue weighted by Gasteiger charge is 2.20. The van der Waals surface area contributed by atoms with Gasteiger partial charge in [-0.15, -0.1) is 0 Å². The first-order chi connectivity index (χ1) is 13.5. The van der Waals surface area contributed by atoms with Crippen molar-refractivity contribution in [3.05, 3.63) is 75.6 Å². The maximum absolute atomic E-state index is 12.4. The van der Waals surface area contributed by atoms with E-state index in [0.29, 0.717) is 12.2 Å². The van der Waals surface area contributed by atoms with Gasteiger partial charge in [-0.2, -0.15) is 0 Å². The molecule has 1 unspecified atom stereocenters. The predicted octanol–water partition coefficient (Wildman–Crippen LogP) is 2.81. The molecule has 8 heteroatoms. The van der Waals surface area contributed by atoms with Gasteiger partial charge >= 0.3 is 0 Å². The van der Waals surface area contributed by atoms with Crippen molar-refractivity contribution in [1.29, 1.82) is 0 Å². The molecule has 2 aromatic rings. The fourth-order valence-corrected chi connectivity index (χ4v) is 3.01. The average molecular weight is 381 g/mol. The van der Waals surface area contributed by atoms with Gasteiger partial charge in [0.15, 0.2) is 0 Å². The topological polar surface area (TPSA) is 109 Å². The van der Waals surface area contributed by atoms with E-state index in [4.69, 9.17) is 0 Å². The minimum absolute atomic E-state index is 0.142. The molecule has 1 aromatic heterocycles. The van der Waals surface area contributed by atoms with Gasteiger partial charge in [0.1, 0.15) is 5.69 Å². The van der Waals surface area contributed by atoms with Crippen LogP contribution < -0.4 is 16.0 Å². The summed E-state index contributed by atoms with van der Waals surface area (Å²) in [6, 6.07) is 9.77. The van der Waals surface area contributed by atoms with Crippen LogP contribution in [0.1, 0.15) is 35.4 Å². The van der Waals surface area contributed by atoms with Gasteiger partial charge in [-0.3, -0.25) is 19.9 Å². The molecule has 1 aliphatic heterocycles. The van der Waals surface area contributed by atoms with Crippen molar-refractivity contribution in [2.45, 2.75) is 19.4 Å². The molecule has 146 valence electrons. The van der Waals surface area contributed by atoms with Gasteiger partial charge in [-0.05, 0) is 44.2 Å². The van der Waals surface area contributed by atoms with E-state index < -0.39 is 4.92 Å². The fourth-order valence-electron chi connectivity index (χ4n) is 3.01. The zero-order valence-corrected chi connectivity index (χ0v) is 15.6. The second kappa shape index (κ2) is 9.09. The largest absolute Gasteiger partial charge is 0.371 e. The van der Waals surface area contributed by atoms with Gasteiger partial charge in [0.25, 0.3) is 11.6 Å².